The molecule has 1 heterocycles. The highest BCUT2D eigenvalue weighted by Gasteiger charge is 2.20. The minimum absolute atomic E-state index is 0.0423. The number of hydrogen-bond donors (Lipinski definition) is 2. The predicted octanol–water partition coefficient (Wildman–Crippen LogP) is 1.68. The van der Waals surface area contributed by atoms with E-state index in [2.05, 4.69) is 25.8 Å². The first-order valence-corrected chi connectivity index (χ1v) is 8.10. The number of benzene rings is 1. The third kappa shape index (κ3) is 3.26. The molecule has 0 unspecified atom stereocenters. The Morgan fingerprint density at radius 3 is 2.80 bits per heavy atom. The third-order valence-electron chi connectivity index (χ3n) is 2.73. The molecule has 0 aliphatic rings. The van der Waals surface area contributed by atoms with Crippen molar-refractivity contribution in [1.82, 2.24) is 9.88 Å². The molecule has 0 amide bonds. The van der Waals surface area contributed by atoms with Gasteiger partial charge in [-0.05, 0) is 40.0 Å². The zero-order valence-corrected chi connectivity index (χ0v) is 13.2. The number of nitrogens with two attached hydrogens (primary N) is 1. The van der Waals surface area contributed by atoms with E-state index in [1.807, 2.05) is 13.0 Å². The number of nitrogens with one attached hydrogen (secondary N) is 1. The lowest BCUT2D eigenvalue weighted by atomic mass is 10.1. The average Bonchev–Trinajstić information content (AvgIpc) is 2.92. The molecule has 0 radical (unpaired) electrons. The second-order valence-electron chi connectivity index (χ2n) is 4.23. The molecule has 3 N–H and O–H groups in total. The van der Waals surface area contributed by atoms with Crippen LogP contribution in [0.25, 0.3) is 0 Å². The first-order chi connectivity index (χ1) is 9.44. The quantitative estimate of drug-likeness (QED) is 0.846. The minimum atomic E-state index is -3.66. The van der Waals surface area contributed by atoms with Crippen molar-refractivity contribution in [2.75, 3.05) is 0 Å². The maximum atomic E-state index is 12.3. The van der Waals surface area contributed by atoms with Crippen molar-refractivity contribution in [2.24, 2.45) is 5.73 Å². The van der Waals surface area contributed by atoms with E-state index in [0.717, 1.165) is 11.1 Å². The molecule has 108 valence electrons. The van der Waals surface area contributed by atoms with Gasteiger partial charge in [0.25, 0.3) is 0 Å². The van der Waals surface area contributed by atoms with E-state index in [0.29, 0.717) is 10.2 Å². The second kappa shape index (κ2) is 6.04. The van der Waals surface area contributed by atoms with Crippen LogP contribution in [0.1, 0.15) is 16.9 Å². The minimum Gasteiger partial charge on any atom is -0.360 e. The Kier molecular flexibility index (Phi) is 4.59. The number of halogens is 1. The molecule has 1 aromatic carbocycles. The zero-order valence-electron chi connectivity index (χ0n) is 10.8. The molecule has 0 spiro atoms. The molecule has 20 heavy (non-hydrogen) atoms. The lowest BCUT2D eigenvalue weighted by Crippen LogP contribution is -2.24. The van der Waals surface area contributed by atoms with Gasteiger partial charge < -0.3 is 10.3 Å². The Balaban J connectivity index is 2.31. The molecular weight excluding hydrogens is 346 g/mol. The summed E-state index contributed by atoms with van der Waals surface area (Å²) in [6, 6.07) is 5.00. The molecule has 0 aliphatic carbocycles. The highest BCUT2D eigenvalue weighted by molar-refractivity contribution is 9.10. The monoisotopic (exact) mass is 359 g/mol. The molecule has 1 aromatic heterocycles. The topological polar surface area (TPSA) is 98.2 Å². The van der Waals surface area contributed by atoms with Crippen LogP contribution in [0, 0.1) is 6.92 Å². The number of rotatable bonds is 5. The maximum absolute atomic E-state index is 12.3. The van der Waals surface area contributed by atoms with E-state index < -0.39 is 10.0 Å². The van der Waals surface area contributed by atoms with Crippen molar-refractivity contribution >= 4 is 26.0 Å². The summed E-state index contributed by atoms with van der Waals surface area (Å²) in [4.78, 5) is 0.164. The number of aromatic nitrogens is 1. The standard InChI is InChI=1S/C12H14BrN3O3S/c1-8-4-9(6-14)5-11(12(8)13)20(17,18)16-7-10-2-3-15-19-10/h2-5,16H,6-7,14H2,1H3. The summed E-state index contributed by atoms with van der Waals surface area (Å²) in [6.07, 6.45) is 1.46. The highest BCUT2D eigenvalue weighted by atomic mass is 79.9. The summed E-state index contributed by atoms with van der Waals surface area (Å²) in [5, 5.41) is 3.52. The summed E-state index contributed by atoms with van der Waals surface area (Å²) < 4.78 is 32.5. The second-order valence-corrected chi connectivity index (χ2v) is 6.76. The van der Waals surface area contributed by atoms with Crippen molar-refractivity contribution in [1.29, 1.82) is 0 Å². The summed E-state index contributed by atoms with van der Waals surface area (Å²) in [5.41, 5.74) is 7.15. The Bertz CT molecular complexity index is 699. The molecule has 0 bridgehead atoms. The fraction of sp³-hybridized carbons (Fsp3) is 0.250. The number of hydrogen-bond acceptors (Lipinski definition) is 5. The molecular formula is C12H14BrN3O3S. The number of sulfonamides is 1. The fourth-order valence-corrected chi connectivity index (χ4v) is 3.76. The Morgan fingerprint density at radius 2 is 2.20 bits per heavy atom. The number of aryl methyl sites for hydroxylation is 1. The Hall–Kier alpha value is -1.22. The first kappa shape index (κ1) is 15.2. The van der Waals surface area contributed by atoms with E-state index in [1.165, 1.54) is 6.20 Å². The van der Waals surface area contributed by atoms with Crippen LogP contribution < -0.4 is 10.5 Å². The molecule has 0 saturated heterocycles. The van der Waals surface area contributed by atoms with Gasteiger partial charge in [-0.2, -0.15) is 0 Å². The highest BCUT2D eigenvalue weighted by Crippen LogP contribution is 2.27. The molecule has 8 heteroatoms. The van der Waals surface area contributed by atoms with E-state index in [9.17, 15) is 8.42 Å². The molecule has 0 saturated carbocycles. The van der Waals surface area contributed by atoms with Gasteiger partial charge in [0.2, 0.25) is 10.0 Å². The van der Waals surface area contributed by atoms with Gasteiger partial charge in [-0.15, -0.1) is 0 Å². The molecule has 0 atom stereocenters. The Labute approximate surface area is 125 Å². The van der Waals surface area contributed by atoms with Crippen LogP contribution in [-0.4, -0.2) is 13.6 Å². The van der Waals surface area contributed by atoms with Crippen LogP contribution in [0.2, 0.25) is 0 Å². The Morgan fingerprint density at radius 1 is 1.45 bits per heavy atom. The predicted molar refractivity (Wildman–Crippen MR) is 77.3 cm³/mol. The van der Waals surface area contributed by atoms with Crippen molar-refractivity contribution in [2.45, 2.75) is 24.9 Å². The van der Waals surface area contributed by atoms with Crippen molar-refractivity contribution in [3.8, 4) is 0 Å². The van der Waals surface area contributed by atoms with Crippen molar-refractivity contribution in [3.05, 3.63) is 45.8 Å². The smallest absolute Gasteiger partial charge is 0.242 e. The zero-order chi connectivity index (χ0) is 14.8. The summed E-state index contributed by atoms with van der Waals surface area (Å²) >= 11 is 3.30. The van der Waals surface area contributed by atoms with Gasteiger partial charge in [-0.1, -0.05) is 11.2 Å². The van der Waals surface area contributed by atoms with Gasteiger partial charge in [0.05, 0.1) is 17.6 Å². The summed E-state index contributed by atoms with van der Waals surface area (Å²) in [7, 11) is -3.66. The van der Waals surface area contributed by atoms with E-state index in [-0.39, 0.29) is 18.0 Å². The van der Waals surface area contributed by atoms with E-state index in [4.69, 9.17) is 10.3 Å². The van der Waals surface area contributed by atoms with Crippen LogP contribution in [0.4, 0.5) is 0 Å². The van der Waals surface area contributed by atoms with E-state index >= 15 is 0 Å². The molecule has 2 rings (SSSR count). The molecule has 6 nitrogen and oxygen atoms in total. The molecule has 2 aromatic rings. The number of nitrogens with zero attached hydrogens (tertiary/aromatic N) is 1. The van der Waals surface area contributed by atoms with Crippen LogP contribution in [0.5, 0.6) is 0 Å². The molecule has 0 fully saturated rings. The largest absolute Gasteiger partial charge is 0.360 e. The van der Waals surface area contributed by atoms with Gasteiger partial charge in [-0.25, -0.2) is 13.1 Å². The van der Waals surface area contributed by atoms with Crippen LogP contribution >= 0.6 is 15.9 Å². The van der Waals surface area contributed by atoms with Crippen LogP contribution in [-0.2, 0) is 23.1 Å². The van der Waals surface area contributed by atoms with Crippen molar-refractivity contribution in [3.63, 3.8) is 0 Å². The average molecular weight is 360 g/mol. The van der Waals surface area contributed by atoms with Gasteiger partial charge in [0, 0.05) is 17.1 Å². The summed E-state index contributed by atoms with van der Waals surface area (Å²) in [6.45, 7) is 2.14. The lowest BCUT2D eigenvalue weighted by Gasteiger charge is -2.11. The van der Waals surface area contributed by atoms with Gasteiger partial charge in [0.15, 0.2) is 5.76 Å². The van der Waals surface area contributed by atoms with Gasteiger partial charge in [-0.3, -0.25) is 0 Å². The van der Waals surface area contributed by atoms with Gasteiger partial charge in [0.1, 0.15) is 0 Å². The first-order valence-electron chi connectivity index (χ1n) is 5.82. The molecule has 0 aliphatic heterocycles. The van der Waals surface area contributed by atoms with Gasteiger partial charge >= 0.3 is 0 Å². The van der Waals surface area contributed by atoms with Crippen LogP contribution in [0.15, 0.2) is 38.3 Å². The third-order valence-corrected chi connectivity index (χ3v) is 5.47. The maximum Gasteiger partial charge on any atom is 0.242 e. The lowest BCUT2D eigenvalue weighted by molar-refractivity contribution is 0.380. The SMILES string of the molecule is Cc1cc(CN)cc(S(=O)(=O)NCc2ccno2)c1Br. The normalized spacial score (nSPS) is 11.8. The van der Waals surface area contributed by atoms with Crippen LogP contribution in [0.3, 0.4) is 0 Å². The fourth-order valence-electron chi connectivity index (χ4n) is 1.70. The van der Waals surface area contributed by atoms with E-state index in [1.54, 1.807) is 12.1 Å². The summed E-state index contributed by atoms with van der Waals surface area (Å²) in [5.74, 6) is 0.441. The van der Waals surface area contributed by atoms with Crippen molar-refractivity contribution < 1.29 is 12.9 Å².